The third-order valence-electron chi connectivity index (χ3n) is 4.76. The summed E-state index contributed by atoms with van der Waals surface area (Å²) in [5, 5.41) is 2.72. The molecule has 0 aromatic heterocycles. The van der Waals surface area contributed by atoms with E-state index in [1.165, 1.54) is 6.92 Å². The average Bonchev–Trinajstić information content (AvgIpc) is 3.25. The van der Waals surface area contributed by atoms with Gasteiger partial charge in [-0.1, -0.05) is 36.4 Å². The number of amides is 2. The topological polar surface area (TPSA) is 67.9 Å². The third kappa shape index (κ3) is 5.11. The Bertz CT molecular complexity index is 1110. The Morgan fingerprint density at radius 1 is 0.968 bits per heavy atom. The summed E-state index contributed by atoms with van der Waals surface area (Å²) in [6, 6.07) is 22.5. The number of ether oxygens (including phenoxy) is 2. The maximum Gasteiger partial charge on any atom is 0.251 e. The molecule has 1 N–H and O–H groups in total. The van der Waals surface area contributed by atoms with Crippen molar-refractivity contribution in [1.29, 1.82) is 0 Å². The first-order valence-electron chi connectivity index (χ1n) is 9.89. The average molecular weight is 414 g/mol. The molecular weight excluding hydrogens is 392 g/mol. The normalized spacial score (nSPS) is 12.0. The Hall–Kier alpha value is -4.06. The molecule has 0 aliphatic carbocycles. The number of nitrogens with one attached hydrogen (secondary N) is 1. The number of para-hydroxylation sites is 1. The minimum Gasteiger partial charge on any atom is -0.454 e. The third-order valence-corrected chi connectivity index (χ3v) is 4.76. The number of anilines is 2. The molecule has 0 spiro atoms. The maximum absolute atomic E-state index is 13.1. The van der Waals surface area contributed by atoms with Gasteiger partial charge in [0.1, 0.15) is 0 Å². The molecule has 0 fully saturated rings. The number of fused-ring (bicyclic) bond motifs is 1. The molecule has 4 rings (SSSR count). The number of hydrogen-bond donors (Lipinski definition) is 1. The van der Waals surface area contributed by atoms with Crippen molar-refractivity contribution in [2.24, 2.45) is 0 Å². The van der Waals surface area contributed by atoms with Crippen LogP contribution in [0.5, 0.6) is 11.5 Å². The summed E-state index contributed by atoms with van der Waals surface area (Å²) in [6.45, 7) is 2.07. The lowest BCUT2D eigenvalue weighted by atomic mass is 10.1. The van der Waals surface area contributed by atoms with Crippen molar-refractivity contribution in [3.05, 3.63) is 90.0 Å². The molecule has 2 amide bonds. The molecule has 0 atom stereocenters. The minimum atomic E-state index is -0.144. The molecule has 1 aliphatic rings. The van der Waals surface area contributed by atoms with Crippen LogP contribution in [0.25, 0.3) is 6.08 Å². The van der Waals surface area contributed by atoms with Crippen LogP contribution in [0, 0.1) is 0 Å². The largest absolute Gasteiger partial charge is 0.454 e. The smallest absolute Gasteiger partial charge is 0.251 e. The molecule has 0 unspecified atom stereocenters. The molecule has 156 valence electrons. The molecule has 3 aromatic rings. The Balaban J connectivity index is 1.53. The van der Waals surface area contributed by atoms with E-state index in [0.717, 1.165) is 16.8 Å². The second kappa shape index (κ2) is 9.17. The first-order valence-corrected chi connectivity index (χ1v) is 9.89. The van der Waals surface area contributed by atoms with Gasteiger partial charge in [-0.05, 0) is 53.6 Å². The monoisotopic (exact) mass is 414 g/mol. The first kappa shape index (κ1) is 20.2. The molecule has 3 aromatic carbocycles. The molecule has 0 saturated heterocycles. The SMILES string of the molecule is CC(=O)Nc1ccc(/C=C/C(=O)N(Cc2ccc3c(c2)OCO3)c2ccccc2)cc1. The van der Waals surface area contributed by atoms with Crippen molar-refractivity contribution in [3.63, 3.8) is 0 Å². The van der Waals surface area contributed by atoms with Crippen LogP contribution < -0.4 is 19.7 Å². The van der Waals surface area contributed by atoms with Gasteiger partial charge in [0.15, 0.2) is 11.5 Å². The molecule has 6 nitrogen and oxygen atoms in total. The van der Waals surface area contributed by atoms with Gasteiger partial charge in [0, 0.05) is 24.4 Å². The standard InChI is InChI=1S/C25H22N2O4/c1-18(28)26-21-11-7-19(8-12-21)10-14-25(29)27(22-5-3-2-4-6-22)16-20-9-13-23-24(15-20)31-17-30-23/h2-15H,16-17H2,1H3,(H,26,28)/b14-10+. The predicted molar refractivity (Wildman–Crippen MR) is 120 cm³/mol. The second-order valence-corrected chi connectivity index (χ2v) is 7.08. The van der Waals surface area contributed by atoms with E-state index in [-0.39, 0.29) is 18.6 Å². The van der Waals surface area contributed by atoms with E-state index in [2.05, 4.69) is 5.32 Å². The number of nitrogens with zero attached hydrogens (tertiary/aromatic N) is 1. The Kier molecular flexibility index (Phi) is 5.98. The summed E-state index contributed by atoms with van der Waals surface area (Å²) in [6.07, 6.45) is 3.31. The van der Waals surface area contributed by atoms with Crippen LogP contribution in [0.4, 0.5) is 11.4 Å². The maximum atomic E-state index is 13.1. The predicted octanol–water partition coefficient (Wildman–Crippen LogP) is 4.62. The van der Waals surface area contributed by atoms with Crippen molar-refractivity contribution in [3.8, 4) is 11.5 Å². The van der Waals surface area contributed by atoms with Gasteiger partial charge < -0.3 is 19.7 Å². The molecule has 6 heteroatoms. The van der Waals surface area contributed by atoms with E-state index in [4.69, 9.17) is 9.47 Å². The molecule has 1 aliphatic heterocycles. The van der Waals surface area contributed by atoms with Crippen molar-refractivity contribution in [2.45, 2.75) is 13.5 Å². The van der Waals surface area contributed by atoms with Gasteiger partial charge in [0.05, 0.1) is 6.54 Å². The van der Waals surface area contributed by atoms with E-state index >= 15 is 0 Å². The number of rotatable bonds is 6. The van der Waals surface area contributed by atoms with Gasteiger partial charge in [-0.2, -0.15) is 0 Å². The van der Waals surface area contributed by atoms with Crippen LogP contribution in [-0.2, 0) is 16.1 Å². The van der Waals surface area contributed by atoms with Crippen LogP contribution in [0.3, 0.4) is 0 Å². The zero-order chi connectivity index (χ0) is 21.6. The lowest BCUT2D eigenvalue weighted by molar-refractivity contribution is -0.115. The van der Waals surface area contributed by atoms with Crippen molar-refractivity contribution in [1.82, 2.24) is 0 Å². The van der Waals surface area contributed by atoms with Crippen molar-refractivity contribution < 1.29 is 19.1 Å². The highest BCUT2D eigenvalue weighted by Gasteiger charge is 2.17. The molecule has 0 saturated carbocycles. The van der Waals surface area contributed by atoms with Gasteiger partial charge in [0.2, 0.25) is 12.7 Å². The second-order valence-electron chi connectivity index (χ2n) is 7.08. The van der Waals surface area contributed by atoms with E-state index < -0.39 is 0 Å². The van der Waals surface area contributed by atoms with Crippen molar-refractivity contribution in [2.75, 3.05) is 17.0 Å². The Morgan fingerprint density at radius 2 is 1.71 bits per heavy atom. The van der Waals surface area contributed by atoms with Crippen molar-refractivity contribution >= 4 is 29.3 Å². The zero-order valence-electron chi connectivity index (χ0n) is 17.1. The lowest BCUT2D eigenvalue weighted by Gasteiger charge is -2.22. The van der Waals surface area contributed by atoms with Crippen LogP contribution >= 0.6 is 0 Å². The van der Waals surface area contributed by atoms with E-state index in [0.29, 0.717) is 23.7 Å². The van der Waals surface area contributed by atoms with Crippen LogP contribution in [0.15, 0.2) is 78.9 Å². The van der Waals surface area contributed by atoms with Crippen LogP contribution in [0.1, 0.15) is 18.1 Å². The lowest BCUT2D eigenvalue weighted by Crippen LogP contribution is -2.28. The molecular formula is C25H22N2O4. The van der Waals surface area contributed by atoms with E-state index in [1.807, 2.05) is 60.7 Å². The zero-order valence-corrected chi connectivity index (χ0v) is 17.1. The van der Waals surface area contributed by atoms with Gasteiger partial charge in [-0.3, -0.25) is 9.59 Å². The van der Waals surface area contributed by atoms with E-state index in [1.54, 1.807) is 29.2 Å². The number of carbonyl (C=O) groups is 2. The number of benzene rings is 3. The van der Waals surface area contributed by atoms with E-state index in [9.17, 15) is 9.59 Å². The first-order chi connectivity index (χ1) is 15.1. The van der Waals surface area contributed by atoms with Gasteiger partial charge in [0.25, 0.3) is 5.91 Å². The summed E-state index contributed by atoms with van der Waals surface area (Å²) in [7, 11) is 0. The minimum absolute atomic E-state index is 0.125. The number of hydrogen-bond acceptors (Lipinski definition) is 4. The van der Waals surface area contributed by atoms with Gasteiger partial charge in [-0.25, -0.2) is 0 Å². The highest BCUT2D eigenvalue weighted by molar-refractivity contribution is 6.03. The fourth-order valence-corrected chi connectivity index (χ4v) is 3.26. The van der Waals surface area contributed by atoms with Crippen LogP contribution in [0.2, 0.25) is 0 Å². The number of carbonyl (C=O) groups excluding carboxylic acids is 2. The Labute approximate surface area is 180 Å². The molecule has 31 heavy (non-hydrogen) atoms. The molecule has 0 radical (unpaired) electrons. The highest BCUT2D eigenvalue weighted by atomic mass is 16.7. The quantitative estimate of drug-likeness (QED) is 0.598. The van der Waals surface area contributed by atoms with Gasteiger partial charge in [-0.15, -0.1) is 0 Å². The summed E-state index contributed by atoms with van der Waals surface area (Å²) in [4.78, 5) is 25.9. The van der Waals surface area contributed by atoms with Gasteiger partial charge >= 0.3 is 0 Å². The fraction of sp³-hybridized carbons (Fsp3) is 0.120. The summed E-state index contributed by atoms with van der Waals surface area (Å²) >= 11 is 0. The van der Waals surface area contributed by atoms with Crippen LogP contribution in [-0.4, -0.2) is 18.6 Å². The fourth-order valence-electron chi connectivity index (χ4n) is 3.26. The summed E-state index contributed by atoms with van der Waals surface area (Å²) < 4.78 is 10.8. The Morgan fingerprint density at radius 3 is 2.45 bits per heavy atom. The summed E-state index contributed by atoms with van der Waals surface area (Å²) in [5.74, 6) is 1.13. The summed E-state index contributed by atoms with van der Waals surface area (Å²) in [5.41, 5.74) is 3.31. The molecule has 1 heterocycles. The highest BCUT2D eigenvalue weighted by Crippen LogP contribution is 2.33. The molecule has 0 bridgehead atoms.